The number of hydrogen-bond acceptors (Lipinski definition) is 7. The Morgan fingerprint density at radius 2 is 1.96 bits per heavy atom. The average Bonchev–Trinajstić information content (AvgIpc) is 3.39. The van der Waals surface area contributed by atoms with Crippen molar-refractivity contribution in [2.24, 2.45) is 0 Å². The van der Waals surface area contributed by atoms with Gasteiger partial charge in [0.2, 0.25) is 5.89 Å². The molecule has 0 N–H and O–H groups in total. The van der Waals surface area contributed by atoms with E-state index in [9.17, 15) is 0 Å². The summed E-state index contributed by atoms with van der Waals surface area (Å²) in [6, 6.07) is 12.0. The predicted octanol–water partition coefficient (Wildman–Crippen LogP) is 4.44. The smallest absolute Gasteiger partial charge is 0.239 e. The molecule has 8 heteroatoms. The van der Waals surface area contributed by atoms with Crippen molar-refractivity contribution in [3.05, 3.63) is 65.7 Å². The molecular weight excluding hydrogens is 362 g/mol. The molecule has 1 aromatic carbocycles. The highest BCUT2D eigenvalue weighted by Crippen LogP contribution is 2.35. The van der Waals surface area contributed by atoms with Gasteiger partial charge in [0.1, 0.15) is 5.76 Å². The van der Waals surface area contributed by atoms with Gasteiger partial charge in [0.05, 0.1) is 18.1 Å². The molecule has 0 amide bonds. The van der Waals surface area contributed by atoms with E-state index < -0.39 is 0 Å². The molecule has 0 aliphatic carbocycles. The Balaban J connectivity index is 1.71. The third kappa shape index (κ3) is 3.66. The van der Waals surface area contributed by atoms with Crippen LogP contribution in [0.2, 0.25) is 0 Å². The van der Waals surface area contributed by atoms with E-state index in [0.29, 0.717) is 18.3 Å². The van der Waals surface area contributed by atoms with Crippen LogP contribution in [-0.4, -0.2) is 24.9 Å². The number of aromatic nitrogens is 5. The van der Waals surface area contributed by atoms with Gasteiger partial charge in [0.15, 0.2) is 16.8 Å². The summed E-state index contributed by atoms with van der Waals surface area (Å²) in [5.74, 6) is 2.84. The Kier molecular flexibility index (Phi) is 4.81. The van der Waals surface area contributed by atoms with Gasteiger partial charge in [-0.3, -0.25) is 4.57 Å². The molecule has 0 aliphatic heterocycles. The molecule has 0 saturated carbocycles. The van der Waals surface area contributed by atoms with Gasteiger partial charge >= 0.3 is 0 Å². The highest BCUT2D eigenvalue weighted by molar-refractivity contribution is 7.99. The van der Waals surface area contributed by atoms with Gasteiger partial charge in [-0.1, -0.05) is 41.2 Å². The van der Waals surface area contributed by atoms with Crippen molar-refractivity contribution in [3.63, 3.8) is 0 Å². The Bertz CT molecular complexity index is 1040. The summed E-state index contributed by atoms with van der Waals surface area (Å²) in [5.41, 5.74) is 2.19. The minimum absolute atomic E-state index is 0.0459. The van der Waals surface area contributed by atoms with Crippen LogP contribution in [0.25, 0.3) is 11.4 Å². The topological polar surface area (TPSA) is 82.8 Å². The van der Waals surface area contributed by atoms with E-state index in [0.717, 1.165) is 27.9 Å². The highest BCUT2D eigenvalue weighted by Gasteiger charge is 2.22. The lowest BCUT2D eigenvalue weighted by Crippen LogP contribution is -2.05. The van der Waals surface area contributed by atoms with Crippen LogP contribution in [0.15, 0.2) is 56.8 Å². The van der Waals surface area contributed by atoms with Gasteiger partial charge in [0, 0.05) is 5.56 Å². The van der Waals surface area contributed by atoms with E-state index in [1.807, 2.05) is 31.2 Å². The van der Waals surface area contributed by atoms with Crippen LogP contribution in [0.4, 0.5) is 0 Å². The van der Waals surface area contributed by atoms with Crippen LogP contribution < -0.4 is 0 Å². The summed E-state index contributed by atoms with van der Waals surface area (Å²) >= 11 is 1.53. The molecular formula is C19H19N5O2S. The number of hydrogen-bond donors (Lipinski definition) is 0. The molecule has 138 valence electrons. The van der Waals surface area contributed by atoms with Crippen molar-refractivity contribution in [2.75, 3.05) is 0 Å². The minimum atomic E-state index is -0.0459. The summed E-state index contributed by atoms with van der Waals surface area (Å²) < 4.78 is 12.9. The van der Waals surface area contributed by atoms with Gasteiger partial charge < -0.3 is 8.94 Å². The van der Waals surface area contributed by atoms with Gasteiger partial charge in [-0.2, -0.15) is 4.98 Å². The number of nitrogens with zero attached hydrogens (tertiary/aromatic N) is 5. The molecule has 4 rings (SSSR count). The lowest BCUT2D eigenvalue weighted by Gasteiger charge is -2.11. The fourth-order valence-electron chi connectivity index (χ4n) is 2.79. The normalized spacial score (nSPS) is 12.4. The second kappa shape index (κ2) is 7.40. The third-order valence-corrected chi connectivity index (χ3v) is 5.24. The molecule has 7 nitrogen and oxygen atoms in total. The molecule has 0 spiro atoms. The van der Waals surface area contributed by atoms with Gasteiger partial charge in [-0.05, 0) is 38.5 Å². The maximum atomic E-state index is 5.55. The molecule has 0 aliphatic rings. The summed E-state index contributed by atoms with van der Waals surface area (Å²) in [7, 11) is 0. The summed E-state index contributed by atoms with van der Waals surface area (Å²) in [6.07, 6.45) is 1.67. The third-order valence-electron chi connectivity index (χ3n) is 4.17. The fourth-order valence-corrected chi connectivity index (χ4v) is 3.67. The zero-order chi connectivity index (χ0) is 18.8. The van der Waals surface area contributed by atoms with Crippen LogP contribution in [0.3, 0.4) is 0 Å². The number of benzene rings is 1. The van der Waals surface area contributed by atoms with E-state index in [1.54, 1.807) is 13.2 Å². The van der Waals surface area contributed by atoms with Crippen LogP contribution in [0.5, 0.6) is 0 Å². The summed E-state index contributed by atoms with van der Waals surface area (Å²) in [4.78, 5) is 4.32. The first kappa shape index (κ1) is 17.5. The van der Waals surface area contributed by atoms with Crippen molar-refractivity contribution in [1.82, 2.24) is 24.9 Å². The second-order valence-electron chi connectivity index (χ2n) is 6.23. The number of furan rings is 1. The van der Waals surface area contributed by atoms with Crippen molar-refractivity contribution >= 4 is 11.8 Å². The van der Waals surface area contributed by atoms with Crippen LogP contribution in [-0.2, 0) is 6.54 Å². The van der Waals surface area contributed by atoms with E-state index in [-0.39, 0.29) is 5.25 Å². The standard InChI is InChI=1S/C19H19N5O2S/c1-12-7-4-5-9-16(12)17-21-22-19(24(17)11-15-8-6-10-25-15)27-13(2)18-20-14(3)23-26-18/h4-10,13H,11H2,1-3H3. The van der Waals surface area contributed by atoms with Crippen LogP contribution in [0, 0.1) is 13.8 Å². The van der Waals surface area contributed by atoms with E-state index in [4.69, 9.17) is 8.94 Å². The monoisotopic (exact) mass is 381 g/mol. The van der Waals surface area contributed by atoms with Gasteiger partial charge in [0.25, 0.3) is 0 Å². The molecule has 0 fully saturated rings. The Labute approximate surface area is 160 Å². The van der Waals surface area contributed by atoms with Crippen LogP contribution >= 0.6 is 11.8 Å². The molecule has 0 bridgehead atoms. The zero-order valence-corrected chi connectivity index (χ0v) is 16.1. The van der Waals surface area contributed by atoms with E-state index in [1.165, 1.54) is 11.8 Å². The Hall–Kier alpha value is -2.87. The number of rotatable bonds is 6. The maximum absolute atomic E-state index is 5.55. The summed E-state index contributed by atoms with van der Waals surface area (Å²) in [5, 5.41) is 13.5. The first-order valence-corrected chi connectivity index (χ1v) is 9.48. The second-order valence-corrected chi connectivity index (χ2v) is 7.53. The Morgan fingerprint density at radius 3 is 2.67 bits per heavy atom. The van der Waals surface area contributed by atoms with Crippen molar-refractivity contribution in [3.8, 4) is 11.4 Å². The quantitative estimate of drug-likeness (QED) is 0.457. The maximum Gasteiger partial charge on any atom is 0.239 e. The number of thioether (sulfide) groups is 1. The SMILES string of the molecule is Cc1noc(C(C)Sc2nnc(-c3ccccc3C)n2Cc2ccco2)n1. The molecule has 1 unspecified atom stereocenters. The zero-order valence-electron chi connectivity index (χ0n) is 15.3. The molecule has 0 radical (unpaired) electrons. The van der Waals surface area contributed by atoms with Crippen LogP contribution in [0.1, 0.15) is 35.2 Å². The van der Waals surface area contributed by atoms with Crippen molar-refractivity contribution in [1.29, 1.82) is 0 Å². The number of aryl methyl sites for hydroxylation is 2. The molecule has 3 aromatic heterocycles. The molecule has 3 heterocycles. The lowest BCUT2D eigenvalue weighted by molar-refractivity contribution is 0.376. The van der Waals surface area contributed by atoms with E-state index >= 15 is 0 Å². The largest absolute Gasteiger partial charge is 0.467 e. The van der Waals surface area contributed by atoms with Gasteiger partial charge in [-0.15, -0.1) is 10.2 Å². The minimum Gasteiger partial charge on any atom is -0.467 e. The molecule has 1 atom stereocenters. The average molecular weight is 381 g/mol. The molecule has 4 aromatic rings. The fraction of sp³-hybridized carbons (Fsp3) is 0.263. The Morgan fingerprint density at radius 1 is 1.11 bits per heavy atom. The van der Waals surface area contributed by atoms with Gasteiger partial charge in [-0.25, -0.2) is 0 Å². The predicted molar refractivity (Wildman–Crippen MR) is 101 cm³/mol. The highest BCUT2D eigenvalue weighted by atomic mass is 32.2. The molecule has 27 heavy (non-hydrogen) atoms. The van der Waals surface area contributed by atoms with Crippen molar-refractivity contribution in [2.45, 2.75) is 37.7 Å². The van der Waals surface area contributed by atoms with E-state index in [2.05, 4.69) is 44.0 Å². The molecule has 0 saturated heterocycles. The first-order chi connectivity index (χ1) is 13.1. The van der Waals surface area contributed by atoms with Crippen molar-refractivity contribution < 1.29 is 8.94 Å². The summed E-state index contributed by atoms with van der Waals surface area (Å²) in [6.45, 7) is 6.43. The first-order valence-electron chi connectivity index (χ1n) is 8.60. The lowest BCUT2D eigenvalue weighted by atomic mass is 10.1.